The second-order valence-electron chi connectivity index (χ2n) is 12.4. The summed E-state index contributed by atoms with van der Waals surface area (Å²) in [5.74, 6) is 0. The van der Waals surface area contributed by atoms with Gasteiger partial charge >= 0.3 is 0 Å². The molecule has 0 saturated heterocycles. The lowest BCUT2D eigenvalue weighted by molar-refractivity contribution is -0.0264. The van der Waals surface area contributed by atoms with Crippen molar-refractivity contribution in [3.05, 3.63) is 0 Å². The Hall–Kier alpha value is -0.400. The second kappa shape index (κ2) is 47.6. The van der Waals surface area contributed by atoms with Gasteiger partial charge in [0.15, 0.2) is 0 Å². The van der Waals surface area contributed by atoms with Gasteiger partial charge in [0.1, 0.15) is 0 Å². The fraction of sp³-hybridized carbons (Fsp3) is 1.00. The van der Waals surface area contributed by atoms with Crippen LogP contribution >= 0.6 is 0 Å². The molecular formula is C39H80O10. The van der Waals surface area contributed by atoms with Gasteiger partial charge in [-0.15, -0.1) is 0 Å². The molecule has 10 nitrogen and oxygen atoms in total. The summed E-state index contributed by atoms with van der Waals surface area (Å²) in [5, 5.41) is 0. The quantitative estimate of drug-likeness (QED) is 0.0583. The molecule has 0 atom stereocenters. The van der Waals surface area contributed by atoms with Crippen molar-refractivity contribution in [1.82, 2.24) is 0 Å². The molecule has 0 unspecified atom stereocenters. The SMILES string of the molecule is CCCCCCCCCCCCCCCCOCCOCCOCCOCCOCCOCCOCCOCCOCCOCCCCC. The fourth-order valence-corrected chi connectivity index (χ4v) is 4.93. The molecule has 0 rings (SSSR count). The van der Waals surface area contributed by atoms with Gasteiger partial charge < -0.3 is 47.4 Å². The monoisotopic (exact) mass is 709 g/mol. The molecule has 0 aromatic carbocycles. The molecule has 0 heterocycles. The van der Waals surface area contributed by atoms with E-state index in [4.69, 9.17) is 47.4 Å². The third-order valence-corrected chi connectivity index (χ3v) is 7.88. The van der Waals surface area contributed by atoms with Crippen LogP contribution in [0.4, 0.5) is 0 Å². The smallest absolute Gasteiger partial charge is 0.0701 e. The van der Waals surface area contributed by atoms with Crippen molar-refractivity contribution < 1.29 is 47.4 Å². The maximum atomic E-state index is 5.68. The Morgan fingerprint density at radius 2 is 0.306 bits per heavy atom. The number of ether oxygens (including phenoxy) is 10. The normalized spacial score (nSPS) is 11.6. The van der Waals surface area contributed by atoms with E-state index in [0.717, 1.165) is 26.1 Å². The summed E-state index contributed by atoms with van der Waals surface area (Å²) in [6.07, 6.45) is 22.9. The molecule has 0 aliphatic carbocycles. The number of rotatable bonds is 46. The summed E-state index contributed by atoms with van der Waals surface area (Å²) >= 11 is 0. The second-order valence-corrected chi connectivity index (χ2v) is 12.4. The molecular weight excluding hydrogens is 628 g/mol. The van der Waals surface area contributed by atoms with Crippen molar-refractivity contribution in [2.24, 2.45) is 0 Å². The summed E-state index contributed by atoms with van der Waals surface area (Å²) < 4.78 is 55.3. The van der Waals surface area contributed by atoms with E-state index in [-0.39, 0.29) is 0 Å². The van der Waals surface area contributed by atoms with Gasteiger partial charge in [-0.1, -0.05) is 110 Å². The molecule has 0 aliphatic rings. The first-order valence-electron chi connectivity index (χ1n) is 20.2. The molecule has 0 amide bonds. The molecule has 0 fully saturated rings. The van der Waals surface area contributed by atoms with Gasteiger partial charge in [-0.25, -0.2) is 0 Å². The minimum Gasteiger partial charge on any atom is -0.379 e. The van der Waals surface area contributed by atoms with Gasteiger partial charge in [-0.2, -0.15) is 0 Å². The van der Waals surface area contributed by atoms with Gasteiger partial charge in [-0.3, -0.25) is 0 Å². The Balaban J connectivity index is 3.04. The average Bonchev–Trinajstić information content (AvgIpc) is 3.11. The Morgan fingerprint density at radius 3 is 0.531 bits per heavy atom. The number of unbranched alkanes of at least 4 members (excludes halogenated alkanes) is 15. The zero-order valence-electron chi connectivity index (χ0n) is 32.2. The molecule has 0 spiro atoms. The highest BCUT2D eigenvalue weighted by Gasteiger charge is 1.98. The van der Waals surface area contributed by atoms with E-state index in [0.29, 0.717) is 119 Å². The first-order chi connectivity index (χ1) is 24.4. The third kappa shape index (κ3) is 47.6. The van der Waals surface area contributed by atoms with Crippen LogP contribution in [-0.4, -0.2) is 132 Å². The average molecular weight is 709 g/mol. The van der Waals surface area contributed by atoms with Crippen LogP contribution in [0.15, 0.2) is 0 Å². The Labute approximate surface area is 302 Å². The van der Waals surface area contributed by atoms with E-state index in [1.165, 1.54) is 96.3 Å². The first-order valence-corrected chi connectivity index (χ1v) is 20.2. The summed E-state index contributed by atoms with van der Waals surface area (Å²) in [5.41, 5.74) is 0. The summed E-state index contributed by atoms with van der Waals surface area (Å²) in [4.78, 5) is 0. The summed E-state index contributed by atoms with van der Waals surface area (Å²) in [7, 11) is 0. The molecule has 0 aromatic heterocycles. The Bertz CT molecular complexity index is 512. The first kappa shape index (κ1) is 48.6. The van der Waals surface area contributed by atoms with Crippen molar-refractivity contribution in [3.63, 3.8) is 0 Å². The zero-order chi connectivity index (χ0) is 35.2. The molecule has 49 heavy (non-hydrogen) atoms. The van der Waals surface area contributed by atoms with E-state index < -0.39 is 0 Å². The molecule has 0 aromatic rings. The van der Waals surface area contributed by atoms with E-state index in [9.17, 15) is 0 Å². The van der Waals surface area contributed by atoms with Crippen LogP contribution in [-0.2, 0) is 47.4 Å². The van der Waals surface area contributed by atoms with Crippen molar-refractivity contribution in [2.75, 3.05) is 132 Å². The van der Waals surface area contributed by atoms with Crippen molar-refractivity contribution in [3.8, 4) is 0 Å². The van der Waals surface area contributed by atoms with Crippen molar-refractivity contribution >= 4 is 0 Å². The van der Waals surface area contributed by atoms with Gasteiger partial charge in [0.2, 0.25) is 0 Å². The highest BCUT2D eigenvalue weighted by molar-refractivity contribution is 4.49. The van der Waals surface area contributed by atoms with Crippen LogP contribution < -0.4 is 0 Å². The van der Waals surface area contributed by atoms with Crippen LogP contribution in [0.5, 0.6) is 0 Å². The lowest BCUT2D eigenvalue weighted by atomic mass is 10.0. The number of hydrogen-bond donors (Lipinski definition) is 0. The van der Waals surface area contributed by atoms with E-state index in [2.05, 4.69) is 13.8 Å². The zero-order valence-corrected chi connectivity index (χ0v) is 32.2. The summed E-state index contributed by atoms with van der Waals surface area (Å²) in [6, 6.07) is 0. The minimum atomic E-state index is 0.535. The predicted octanol–water partition coefficient (Wildman–Crippen LogP) is 7.82. The predicted molar refractivity (Wildman–Crippen MR) is 198 cm³/mol. The van der Waals surface area contributed by atoms with Gasteiger partial charge in [0.05, 0.1) is 119 Å². The largest absolute Gasteiger partial charge is 0.379 e. The lowest BCUT2D eigenvalue weighted by Crippen LogP contribution is -2.15. The number of hydrogen-bond acceptors (Lipinski definition) is 10. The maximum absolute atomic E-state index is 5.68. The highest BCUT2D eigenvalue weighted by atomic mass is 16.6. The lowest BCUT2D eigenvalue weighted by Gasteiger charge is -2.09. The fourth-order valence-electron chi connectivity index (χ4n) is 4.93. The molecule has 0 saturated carbocycles. The third-order valence-electron chi connectivity index (χ3n) is 7.88. The molecule has 0 aliphatic heterocycles. The van der Waals surface area contributed by atoms with Crippen LogP contribution in [0, 0.1) is 0 Å². The Kier molecular flexibility index (Phi) is 47.2. The van der Waals surface area contributed by atoms with Crippen molar-refractivity contribution in [2.45, 2.75) is 123 Å². The van der Waals surface area contributed by atoms with E-state index in [1.54, 1.807) is 0 Å². The molecule has 296 valence electrons. The molecule has 0 bridgehead atoms. The van der Waals surface area contributed by atoms with Crippen LogP contribution in [0.3, 0.4) is 0 Å². The minimum absolute atomic E-state index is 0.535. The van der Waals surface area contributed by atoms with Crippen LogP contribution in [0.2, 0.25) is 0 Å². The molecule has 0 radical (unpaired) electrons. The Morgan fingerprint density at radius 1 is 0.163 bits per heavy atom. The maximum Gasteiger partial charge on any atom is 0.0701 e. The van der Waals surface area contributed by atoms with Gasteiger partial charge in [0, 0.05) is 13.2 Å². The molecule has 0 N–H and O–H groups in total. The van der Waals surface area contributed by atoms with Gasteiger partial charge in [0.25, 0.3) is 0 Å². The van der Waals surface area contributed by atoms with Gasteiger partial charge in [-0.05, 0) is 12.8 Å². The standard InChI is InChI=1S/C39H80O10/c1-3-5-7-8-9-10-11-12-13-14-15-16-17-19-21-41-23-25-43-27-29-45-31-33-47-35-37-49-39-38-48-36-34-46-32-30-44-28-26-42-24-22-40-20-18-6-4-2/h3-39H2,1-2H3. The highest BCUT2D eigenvalue weighted by Crippen LogP contribution is 2.13. The van der Waals surface area contributed by atoms with Crippen LogP contribution in [0.1, 0.15) is 123 Å². The van der Waals surface area contributed by atoms with E-state index in [1.807, 2.05) is 0 Å². The topological polar surface area (TPSA) is 92.3 Å². The van der Waals surface area contributed by atoms with Crippen LogP contribution in [0.25, 0.3) is 0 Å². The molecule has 10 heteroatoms. The summed E-state index contributed by atoms with van der Waals surface area (Å²) in [6.45, 7) is 16.4. The van der Waals surface area contributed by atoms with Crippen molar-refractivity contribution in [1.29, 1.82) is 0 Å². The van der Waals surface area contributed by atoms with E-state index >= 15 is 0 Å².